The third kappa shape index (κ3) is 5.45. The Labute approximate surface area is 294 Å². The van der Waals surface area contributed by atoms with Crippen molar-refractivity contribution in [1.29, 1.82) is 0 Å². The van der Waals surface area contributed by atoms with Gasteiger partial charge in [-0.1, -0.05) is 11.8 Å². The highest BCUT2D eigenvalue weighted by Crippen LogP contribution is 2.58. The Morgan fingerprint density at radius 3 is 1.37 bits per heavy atom. The average Bonchev–Trinajstić information content (AvgIpc) is 3.03. The number of aliphatic hydroxyl groups excluding tert-OH is 2. The number of phenols is 1. The van der Waals surface area contributed by atoms with E-state index in [2.05, 4.69) is 0 Å². The molecule has 2 aliphatic heterocycles. The summed E-state index contributed by atoms with van der Waals surface area (Å²) in [5.74, 6) is -11.8. The summed E-state index contributed by atoms with van der Waals surface area (Å²) in [5.41, 5.74) is -27.2. The summed E-state index contributed by atoms with van der Waals surface area (Å²) in [6.07, 6.45) is -15.0. The van der Waals surface area contributed by atoms with E-state index in [4.69, 9.17) is 9.47 Å². The summed E-state index contributed by atoms with van der Waals surface area (Å²) in [5, 5.41) is 106. The fourth-order valence-corrected chi connectivity index (χ4v) is 8.24. The molecule has 19 heteroatoms. The van der Waals surface area contributed by atoms with Crippen LogP contribution < -0.4 is 0 Å². The lowest BCUT2D eigenvalue weighted by Gasteiger charge is -2.66. The Hall–Kier alpha value is -3.34. The molecule has 1 aromatic carbocycles. The molecule has 0 bridgehead atoms. The van der Waals surface area contributed by atoms with Crippen LogP contribution in [0.25, 0.3) is 0 Å². The number of hydrogen-bond acceptors (Lipinski definition) is 19. The van der Waals surface area contributed by atoms with Gasteiger partial charge in [0.15, 0.2) is 74.1 Å². The molecule has 2 saturated heterocycles. The first-order valence-electron chi connectivity index (χ1n) is 15.2. The fourth-order valence-electron chi connectivity index (χ4n) is 7.02. The van der Waals surface area contributed by atoms with Crippen molar-refractivity contribution >= 4 is 52.2 Å². The number of benzene rings is 1. The predicted molar refractivity (Wildman–Crippen MR) is 168 cm³/mol. The summed E-state index contributed by atoms with van der Waals surface area (Å²) in [6.45, 7) is 3.72. The highest BCUT2D eigenvalue weighted by atomic mass is 32.2. The van der Waals surface area contributed by atoms with Crippen LogP contribution in [0.5, 0.6) is 5.75 Å². The van der Waals surface area contributed by atoms with Crippen molar-refractivity contribution in [2.24, 2.45) is 0 Å². The number of aromatic hydroxyl groups is 1. The van der Waals surface area contributed by atoms with Crippen molar-refractivity contribution in [3.8, 4) is 5.75 Å². The van der Waals surface area contributed by atoms with Gasteiger partial charge in [0.1, 0.15) is 41.7 Å². The van der Waals surface area contributed by atoms with E-state index in [0.29, 0.717) is 60.2 Å². The van der Waals surface area contributed by atoms with Crippen LogP contribution in [-0.2, 0) is 43.0 Å². The third-order valence-corrected chi connectivity index (χ3v) is 11.1. The van der Waals surface area contributed by atoms with E-state index in [1.807, 2.05) is 0 Å². The molecule has 1 aromatic rings. The highest BCUT2D eigenvalue weighted by Gasteiger charge is 2.88. The van der Waals surface area contributed by atoms with E-state index >= 15 is 0 Å². The molecular formula is C32H40O18S. The maximum absolute atomic E-state index is 13.8. The van der Waals surface area contributed by atoms with Crippen LogP contribution in [0.2, 0.25) is 0 Å². The summed E-state index contributed by atoms with van der Waals surface area (Å²) in [7, 11) is 0. The molecule has 2 fully saturated rings. The summed E-state index contributed by atoms with van der Waals surface area (Å²) >= 11 is 0.339. The molecule has 0 amide bonds. The van der Waals surface area contributed by atoms with E-state index in [1.165, 1.54) is 12.1 Å². The molecule has 2 heterocycles. The van der Waals surface area contributed by atoms with E-state index in [-0.39, 0.29) is 10.6 Å². The minimum Gasteiger partial charge on any atom is -0.508 e. The molecule has 12 atom stereocenters. The number of hydrogen-bond donors (Lipinski definition) is 9. The minimum atomic E-state index is -4.31. The van der Waals surface area contributed by atoms with Crippen molar-refractivity contribution in [2.45, 2.75) is 123 Å². The molecule has 0 spiro atoms. The van der Waals surface area contributed by atoms with Crippen LogP contribution in [0.4, 0.5) is 0 Å². The zero-order valence-corrected chi connectivity index (χ0v) is 29.2. The molecule has 282 valence electrons. The lowest BCUT2D eigenvalue weighted by atomic mass is 9.51. The fraction of sp³-hybridized carbons (Fsp3) is 0.594. The van der Waals surface area contributed by atoms with Gasteiger partial charge in [-0.2, -0.15) is 0 Å². The Kier molecular flexibility index (Phi) is 11.2. The Morgan fingerprint density at radius 1 is 0.588 bits per heavy atom. The predicted octanol–water partition coefficient (Wildman–Crippen LogP) is -3.79. The first-order valence-corrected chi connectivity index (χ1v) is 16.0. The second-order valence-corrected chi connectivity index (χ2v) is 14.0. The first kappa shape index (κ1) is 42.1. The molecule has 2 aliphatic rings. The van der Waals surface area contributed by atoms with Crippen LogP contribution in [0.15, 0.2) is 29.2 Å². The number of carbonyl (C=O) groups excluding carboxylic acids is 7. The number of aliphatic hydroxyl groups is 8. The first-order chi connectivity index (χ1) is 23.1. The molecule has 2 unspecified atom stereocenters. The van der Waals surface area contributed by atoms with Gasteiger partial charge in [0, 0.05) is 4.90 Å². The van der Waals surface area contributed by atoms with Crippen molar-refractivity contribution in [2.75, 3.05) is 0 Å². The minimum absolute atomic E-state index is 0.0289. The number of ether oxygens (including phenoxy) is 2. The number of phenolic OH excluding ortho intramolecular Hbond substituents is 1. The second kappa shape index (κ2) is 13.6. The van der Waals surface area contributed by atoms with Crippen LogP contribution in [0.1, 0.15) is 48.5 Å². The molecule has 51 heavy (non-hydrogen) atoms. The molecule has 18 nitrogen and oxygen atoms in total. The molecule has 0 aliphatic carbocycles. The lowest BCUT2D eigenvalue weighted by molar-refractivity contribution is -0.401. The number of carbonyl (C=O) groups is 7. The monoisotopic (exact) mass is 744 g/mol. The lowest BCUT2D eigenvalue weighted by Crippen LogP contribution is -2.95. The van der Waals surface area contributed by atoms with Gasteiger partial charge in [0.05, 0.1) is 0 Å². The summed E-state index contributed by atoms with van der Waals surface area (Å²) in [4.78, 5) is 92.6. The van der Waals surface area contributed by atoms with E-state index in [9.17, 15) is 79.5 Å². The number of rotatable bonds is 12. The zero-order chi connectivity index (χ0) is 39.6. The van der Waals surface area contributed by atoms with Crippen molar-refractivity contribution in [3.05, 3.63) is 24.3 Å². The second-order valence-electron chi connectivity index (χ2n) is 12.9. The molecule has 9 N–H and O–H groups in total. The molecular weight excluding hydrogens is 704 g/mol. The summed E-state index contributed by atoms with van der Waals surface area (Å²) < 4.78 is 11.3. The molecule has 0 radical (unpaired) electrons. The topological polar surface area (TPSA) is 320 Å². The Bertz CT molecular complexity index is 1660. The third-order valence-electron chi connectivity index (χ3n) is 9.87. The van der Waals surface area contributed by atoms with E-state index in [0.717, 1.165) is 12.1 Å². The van der Waals surface area contributed by atoms with E-state index < -0.39 is 110 Å². The van der Waals surface area contributed by atoms with Gasteiger partial charge in [-0.05, 0) is 72.7 Å². The Balaban J connectivity index is 2.65. The number of Topliss-reactive ketones (excluding diaryl/α,β-unsaturated/α-hetero) is 7. The molecule has 0 saturated carbocycles. The Morgan fingerprint density at radius 2 is 1.00 bits per heavy atom. The van der Waals surface area contributed by atoms with Crippen LogP contribution in [0, 0.1) is 0 Å². The van der Waals surface area contributed by atoms with E-state index in [1.54, 1.807) is 0 Å². The van der Waals surface area contributed by atoms with Crippen LogP contribution in [-0.4, -0.2) is 156 Å². The standard InChI is InChI=1S/C32H40O18S/c1-12(33)21(41)23-27(43,14(3)35)31(47,17(6)38)28(44,15(4)36)25(49-23)30(46)24(22(42)13(2)34)50-26(51-20-10-8-19(40)9-11-20)29(45,16(5)37)32(30,48)18(7)39/h8-11,21-26,40-48H,1-7H3/t21?,22?,23-,24-,25-,26+,27-,28+,29+,30+,31+,32-/m1/s1. The van der Waals surface area contributed by atoms with Crippen molar-refractivity contribution < 1.29 is 89.0 Å². The van der Waals surface area contributed by atoms with Crippen molar-refractivity contribution in [1.82, 2.24) is 0 Å². The highest BCUT2D eigenvalue weighted by molar-refractivity contribution is 8.00. The van der Waals surface area contributed by atoms with Crippen LogP contribution in [0.3, 0.4) is 0 Å². The maximum atomic E-state index is 13.8. The average molecular weight is 745 g/mol. The van der Waals surface area contributed by atoms with Gasteiger partial charge in [-0.3, -0.25) is 33.6 Å². The van der Waals surface area contributed by atoms with Gasteiger partial charge in [0.25, 0.3) is 0 Å². The largest absolute Gasteiger partial charge is 0.508 e. The van der Waals surface area contributed by atoms with Crippen molar-refractivity contribution in [3.63, 3.8) is 0 Å². The van der Waals surface area contributed by atoms with Gasteiger partial charge in [-0.15, -0.1) is 0 Å². The smallest absolute Gasteiger partial charge is 0.199 e. The summed E-state index contributed by atoms with van der Waals surface area (Å²) in [6, 6.07) is 4.68. The quantitative estimate of drug-likeness (QED) is 0.0991. The molecule has 3 rings (SSSR count). The SMILES string of the molecule is CC(=O)C(O)[C@H]1O[C@@H](Sc2ccc(O)cc2)[C@@](O)(C(C)=O)[C@](O)(C(C)=O)[C@@]1(O)[C@@H]1O[C@H](C(O)C(C)=O)[C@](O)(C(C)=O)[C@@](O)(C(C)=O)[C@]1(O)C(C)=O. The number of thioether (sulfide) groups is 1. The normalized spacial score (nSPS) is 39.4. The number of ketones is 7. The van der Waals surface area contributed by atoms with Gasteiger partial charge < -0.3 is 55.4 Å². The maximum Gasteiger partial charge on any atom is 0.199 e. The zero-order valence-electron chi connectivity index (χ0n) is 28.4. The van der Waals surface area contributed by atoms with Gasteiger partial charge >= 0.3 is 0 Å². The van der Waals surface area contributed by atoms with Crippen LogP contribution >= 0.6 is 11.8 Å². The molecule has 0 aromatic heterocycles. The van der Waals surface area contributed by atoms with Gasteiger partial charge in [0.2, 0.25) is 0 Å². The van der Waals surface area contributed by atoms with Gasteiger partial charge in [-0.25, -0.2) is 0 Å².